The van der Waals surface area contributed by atoms with Crippen LogP contribution in [0.5, 0.6) is 0 Å². The van der Waals surface area contributed by atoms with Crippen LogP contribution in [-0.4, -0.2) is 80.2 Å². The quantitative estimate of drug-likeness (QED) is 0.474. The highest BCUT2D eigenvalue weighted by Gasteiger charge is 2.42. The molecule has 2 aromatic rings. The van der Waals surface area contributed by atoms with Crippen molar-refractivity contribution in [2.24, 2.45) is 10.2 Å². The van der Waals surface area contributed by atoms with Crippen molar-refractivity contribution in [2.75, 3.05) is 56.7 Å². The number of hydrogen-bond donors (Lipinski definition) is 2. The molecular weight excluding hydrogens is 530 g/mol. The average Bonchev–Trinajstić information content (AvgIpc) is 3.77. The molecule has 5 aliphatic rings. The van der Waals surface area contributed by atoms with Crippen LogP contribution in [0, 0.1) is 0 Å². The van der Waals surface area contributed by atoms with E-state index in [-0.39, 0.29) is 17.9 Å². The van der Waals surface area contributed by atoms with Crippen LogP contribution in [0.25, 0.3) is 5.70 Å². The summed E-state index contributed by atoms with van der Waals surface area (Å²) in [7, 11) is 1.86. The van der Waals surface area contributed by atoms with Crippen LogP contribution in [0.4, 0.5) is 16.2 Å². The summed E-state index contributed by atoms with van der Waals surface area (Å²) in [5.41, 5.74) is 7.95. The Morgan fingerprint density at radius 2 is 1.71 bits per heavy atom. The number of hydrazine groups is 1. The number of ketones is 1. The van der Waals surface area contributed by atoms with E-state index in [4.69, 9.17) is 4.74 Å². The lowest BCUT2D eigenvalue weighted by atomic mass is 10.0. The minimum absolute atomic E-state index is 0.128. The second-order valence-electron chi connectivity index (χ2n) is 12.0. The van der Waals surface area contributed by atoms with Crippen LogP contribution in [0.3, 0.4) is 0 Å². The summed E-state index contributed by atoms with van der Waals surface area (Å²) in [6, 6.07) is 14.0. The molecule has 0 radical (unpaired) electrons. The molecule has 3 saturated heterocycles. The topological polar surface area (TPSA) is 102 Å². The lowest BCUT2D eigenvalue weighted by Crippen LogP contribution is -2.49. The van der Waals surface area contributed by atoms with Gasteiger partial charge in [-0.3, -0.25) is 10.2 Å². The van der Waals surface area contributed by atoms with Gasteiger partial charge in [-0.15, -0.1) is 0 Å². The number of anilines is 2. The fourth-order valence-corrected chi connectivity index (χ4v) is 7.21. The van der Waals surface area contributed by atoms with Gasteiger partial charge in [-0.05, 0) is 75.4 Å². The number of nitrogens with one attached hydrogen (secondary N) is 2. The maximum atomic E-state index is 13.8. The van der Waals surface area contributed by atoms with E-state index in [1.54, 1.807) is 6.07 Å². The molecule has 7 rings (SSSR count). The highest BCUT2D eigenvalue weighted by atomic mass is 16.5. The monoisotopic (exact) mass is 569 g/mol. The Morgan fingerprint density at radius 1 is 0.976 bits per heavy atom. The number of Topliss-reactive ketones (excluding diaryl/α,β-unsaturated/α-hetero) is 1. The standard InChI is InChI=1S/C32H39N7O3/c1-37(22-13-19-42-20-14-22)36-32(41)33-26-6-4-5-25-27(26)31(40)28-29(34-35-30(25)28)21-7-9-23(10-8-21)39-17-11-24(12-18-39)38-15-2-3-16-38/h4-10,22,24,30H,2-3,11-20H2,1H3,(H2,33,36,41). The number of ether oxygens (including phenoxy) is 1. The second kappa shape index (κ2) is 11.6. The molecule has 0 saturated carbocycles. The van der Waals surface area contributed by atoms with E-state index in [2.05, 4.69) is 55.0 Å². The number of azo groups is 1. The Morgan fingerprint density at radius 3 is 2.45 bits per heavy atom. The largest absolute Gasteiger partial charge is 0.381 e. The number of nitrogens with zero attached hydrogens (tertiary/aromatic N) is 5. The van der Waals surface area contributed by atoms with Crippen LogP contribution in [-0.2, 0) is 4.74 Å². The lowest BCUT2D eigenvalue weighted by Gasteiger charge is -2.37. The van der Waals surface area contributed by atoms with Crippen LogP contribution in [0.1, 0.15) is 66.1 Å². The van der Waals surface area contributed by atoms with Crippen LogP contribution in [0.2, 0.25) is 0 Å². The number of hydrogen-bond acceptors (Lipinski definition) is 8. The third kappa shape index (κ3) is 5.12. The Labute approximate surface area is 246 Å². The van der Waals surface area contributed by atoms with Crippen molar-refractivity contribution in [1.29, 1.82) is 0 Å². The molecular formula is C32H39N7O3. The van der Waals surface area contributed by atoms with Crippen LogP contribution < -0.4 is 15.6 Å². The van der Waals surface area contributed by atoms with Gasteiger partial charge in [0.25, 0.3) is 0 Å². The summed E-state index contributed by atoms with van der Waals surface area (Å²) in [6.45, 7) is 6.02. The van der Waals surface area contributed by atoms with Crippen LogP contribution in [0.15, 0.2) is 58.3 Å². The number of rotatable bonds is 6. The van der Waals surface area contributed by atoms with Gasteiger partial charge in [0.15, 0.2) is 5.78 Å². The maximum absolute atomic E-state index is 13.8. The molecule has 2 amide bonds. The summed E-state index contributed by atoms with van der Waals surface area (Å²) in [5.74, 6) is -0.128. The van der Waals surface area contributed by atoms with Gasteiger partial charge in [0.05, 0.1) is 16.8 Å². The van der Waals surface area contributed by atoms with Crippen molar-refractivity contribution >= 4 is 28.9 Å². The first-order chi connectivity index (χ1) is 20.6. The highest BCUT2D eigenvalue weighted by molar-refractivity contribution is 6.22. The van der Waals surface area contributed by atoms with Gasteiger partial charge < -0.3 is 19.9 Å². The second-order valence-corrected chi connectivity index (χ2v) is 12.0. The number of piperidine rings is 1. The number of amides is 2. The zero-order chi connectivity index (χ0) is 28.6. The van der Waals surface area contributed by atoms with Crippen molar-refractivity contribution in [2.45, 2.75) is 56.7 Å². The van der Waals surface area contributed by atoms with Gasteiger partial charge in [0.1, 0.15) is 11.7 Å². The minimum Gasteiger partial charge on any atom is -0.381 e. The summed E-state index contributed by atoms with van der Waals surface area (Å²) >= 11 is 0. The molecule has 1 unspecified atom stereocenters. The van der Waals surface area contributed by atoms with Crippen molar-refractivity contribution in [3.8, 4) is 0 Å². The van der Waals surface area contributed by atoms with Crippen LogP contribution >= 0.6 is 0 Å². The third-order valence-corrected chi connectivity index (χ3v) is 9.56. The van der Waals surface area contributed by atoms with Gasteiger partial charge in [-0.2, -0.15) is 10.2 Å². The predicted molar refractivity (Wildman–Crippen MR) is 162 cm³/mol. The van der Waals surface area contributed by atoms with E-state index in [0.717, 1.165) is 43.1 Å². The predicted octanol–water partition coefficient (Wildman–Crippen LogP) is 5.01. The molecule has 3 fully saturated rings. The van der Waals surface area contributed by atoms with Gasteiger partial charge in [-0.25, -0.2) is 9.80 Å². The summed E-state index contributed by atoms with van der Waals surface area (Å²) in [5, 5.41) is 13.7. The molecule has 10 heteroatoms. The highest BCUT2D eigenvalue weighted by Crippen LogP contribution is 2.49. The van der Waals surface area contributed by atoms with E-state index < -0.39 is 6.04 Å². The lowest BCUT2D eigenvalue weighted by molar-refractivity contribution is 0.0312. The van der Waals surface area contributed by atoms with E-state index in [1.807, 2.05) is 24.2 Å². The molecule has 10 nitrogen and oxygen atoms in total. The zero-order valence-corrected chi connectivity index (χ0v) is 24.2. The third-order valence-electron chi connectivity index (χ3n) is 9.56. The van der Waals surface area contributed by atoms with E-state index in [1.165, 1.54) is 44.5 Å². The minimum atomic E-state index is -0.443. The number of fused-ring (bicyclic) bond motifs is 3. The first kappa shape index (κ1) is 27.2. The van der Waals surface area contributed by atoms with Crippen molar-refractivity contribution in [3.63, 3.8) is 0 Å². The summed E-state index contributed by atoms with van der Waals surface area (Å²) < 4.78 is 5.43. The smallest absolute Gasteiger partial charge is 0.333 e. The van der Waals surface area contributed by atoms with Gasteiger partial charge in [0.2, 0.25) is 0 Å². The van der Waals surface area contributed by atoms with Crippen molar-refractivity contribution < 1.29 is 14.3 Å². The fraction of sp³-hybridized carbons (Fsp3) is 0.500. The van der Waals surface area contributed by atoms with Gasteiger partial charge in [0, 0.05) is 56.7 Å². The molecule has 1 atom stereocenters. The maximum Gasteiger partial charge on any atom is 0.333 e. The van der Waals surface area contributed by atoms with E-state index >= 15 is 0 Å². The molecule has 0 spiro atoms. The van der Waals surface area contributed by atoms with E-state index in [0.29, 0.717) is 35.7 Å². The molecule has 0 aromatic heterocycles. The Kier molecular flexibility index (Phi) is 7.52. The summed E-state index contributed by atoms with van der Waals surface area (Å²) in [4.78, 5) is 31.8. The Balaban J connectivity index is 1.04. The SMILES string of the molecule is CN(NC(=O)Nc1cccc2c1C(=O)C1=C(c3ccc(N4CCC(N5CCCC5)CC4)cc3)N=NC12)C1CCOCC1. The molecule has 2 aromatic carbocycles. The first-order valence-electron chi connectivity index (χ1n) is 15.4. The summed E-state index contributed by atoms with van der Waals surface area (Å²) in [6.07, 6.45) is 6.81. The number of carbonyl (C=O) groups is 2. The molecule has 42 heavy (non-hydrogen) atoms. The van der Waals surface area contributed by atoms with Gasteiger partial charge in [-0.1, -0.05) is 24.3 Å². The molecule has 1 aliphatic carbocycles. The van der Waals surface area contributed by atoms with Crippen molar-refractivity contribution in [1.82, 2.24) is 15.3 Å². The molecule has 4 aliphatic heterocycles. The average molecular weight is 570 g/mol. The molecule has 220 valence electrons. The normalized spacial score (nSPS) is 23.1. The molecule has 4 heterocycles. The van der Waals surface area contributed by atoms with E-state index in [9.17, 15) is 9.59 Å². The molecule has 2 N–H and O–H groups in total. The Bertz CT molecular complexity index is 1400. The Hall–Kier alpha value is -3.60. The number of urea groups is 1. The fourth-order valence-electron chi connectivity index (χ4n) is 7.21. The number of carbonyl (C=O) groups excluding carboxylic acids is 2. The first-order valence-corrected chi connectivity index (χ1v) is 15.4. The zero-order valence-electron chi connectivity index (χ0n) is 24.2. The number of likely N-dealkylation sites (tertiary alicyclic amines) is 1. The van der Waals surface area contributed by atoms with Crippen molar-refractivity contribution in [3.05, 3.63) is 64.7 Å². The number of benzene rings is 2. The molecule has 0 bridgehead atoms. The van der Waals surface area contributed by atoms with Gasteiger partial charge >= 0.3 is 6.03 Å².